The number of methoxy groups -OCH3 is 1. The maximum atomic E-state index is 11.2. The van der Waals surface area contributed by atoms with Gasteiger partial charge in [0.05, 0.1) is 32.6 Å². The van der Waals surface area contributed by atoms with Crippen molar-refractivity contribution in [2.45, 2.75) is 14.7 Å². The van der Waals surface area contributed by atoms with E-state index in [9.17, 15) is 4.21 Å². The summed E-state index contributed by atoms with van der Waals surface area (Å²) in [6, 6.07) is 3.74. The lowest BCUT2D eigenvalue weighted by molar-refractivity contribution is 0.402. The van der Waals surface area contributed by atoms with Crippen molar-refractivity contribution in [3.05, 3.63) is 12.1 Å². The Morgan fingerprint density at radius 3 is 2.83 bits per heavy atom. The van der Waals surface area contributed by atoms with Crippen molar-refractivity contribution in [1.29, 1.82) is 0 Å². The first kappa shape index (κ1) is 8.13. The molecule has 0 amide bonds. The van der Waals surface area contributed by atoms with Crippen molar-refractivity contribution >= 4 is 22.6 Å². The molecule has 0 N–H and O–H groups in total. The molecule has 0 saturated carbocycles. The van der Waals surface area contributed by atoms with Crippen LogP contribution in [0.5, 0.6) is 5.75 Å². The summed E-state index contributed by atoms with van der Waals surface area (Å²) in [6.07, 6.45) is 1.97. The topological polar surface area (TPSA) is 26.3 Å². The van der Waals surface area contributed by atoms with Gasteiger partial charge in [0.2, 0.25) is 0 Å². The molecule has 1 aliphatic rings. The number of thioether (sulfide) groups is 1. The highest BCUT2D eigenvalue weighted by molar-refractivity contribution is 8.00. The molecule has 0 spiro atoms. The smallest absolute Gasteiger partial charge is 0.133 e. The van der Waals surface area contributed by atoms with Gasteiger partial charge < -0.3 is 4.74 Å². The van der Waals surface area contributed by atoms with Crippen LogP contribution in [-0.4, -0.2) is 17.6 Å². The first-order valence-electron chi connectivity index (χ1n) is 3.46. The van der Waals surface area contributed by atoms with Crippen LogP contribution in [-0.2, 0) is 10.8 Å². The first-order valence-corrected chi connectivity index (χ1v) is 5.83. The minimum Gasteiger partial charge on any atom is -0.496 e. The molecule has 0 aliphatic carbocycles. The van der Waals surface area contributed by atoms with Gasteiger partial charge in [-0.05, 0) is 18.4 Å². The first-order chi connectivity index (χ1) is 5.79. The molecule has 1 aromatic rings. The van der Waals surface area contributed by atoms with E-state index in [0.29, 0.717) is 0 Å². The zero-order chi connectivity index (χ0) is 8.72. The number of ether oxygens (including phenoxy) is 1. The maximum absolute atomic E-state index is 11.2. The van der Waals surface area contributed by atoms with Gasteiger partial charge in [-0.15, -0.1) is 11.8 Å². The van der Waals surface area contributed by atoms with E-state index in [1.165, 1.54) is 0 Å². The fourth-order valence-electron chi connectivity index (χ4n) is 1.17. The molecule has 1 heterocycles. The van der Waals surface area contributed by atoms with Gasteiger partial charge in [0.15, 0.2) is 0 Å². The molecule has 12 heavy (non-hydrogen) atoms. The summed E-state index contributed by atoms with van der Waals surface area (Å²) in [4.78, 5) is 2.94. The Morgan fingerprint density at radius 1 is 1.50 bits per heavy atom. The van der Waals surface area contributed by atoms with E-state index in [1.807, 2.05) is 18.4 Å². The van der Waals surface area contributed by atoms with Crippen molar-refractivity contribution in [1.82, 2.24) is 0 Å². The van der Waals surface area contributed by atoms with Crippen LogP contribution in [0.15, 0.2) is 26.8 Å². The lowest BCUT2D eigenvalue weighted by Gasteiger charge is -2.02. The zero-order valence-electron chi connectivity index (χ0n) is 6.79. The monoisotopic (exact) mass is 200 g/mol. The van der Waals surface area contributed by atoms with Gasteiger partial charge in [0.1, 0.15) is 5.75 Å². The number of rotatable bonds is 2. The van der Waals surface area contributed by atoms with E-state index in [2.05, 4.69) is 0 Å². The van der Waals surface area contributed by atoms with Crippen LogP contribution in [0, 0.1) is 0 Å². The Hall–Kier alpha value is -0.480. The highest BCUT2D eigenvalue weighted by Crippen LogP contribution is 2.47. The molecule has 0 radical (unpaired) electrons. The van der Waals surface area contributed by atoms with Gasteiger partial charge in [-0.1, -0.05) is 0 Å². The molecule has 0 aromatic heterocycles. The largest absolute Gasteiger partial charge is 0.496 e. The molecular formula is C8H8O2S2. The summed E-state index contributed by atoms with van der Waals surface area (Å²) in [5, 5.41) is 0. The Balaban J connectivity index is 2.57. The van der Waals surface area contributed by atoms with Crippen LogP contribution in [0.4, 0.5) is 0 Å². The maximum Gasteiger partial charge on any atom is 0.133 e. The lowest BCUT2D eigenvalue weighted by atomic mass is 10.3. The van der Waals surface area contributed by atoms with Crippen LogP contribution in [0.25, 0.3) is 0 Å². The second-order valence-corrected chi connectivity index (χ2v) is 4.60. The third-order valence-corrected chi connectivity index (χ3v) is 4.08. The third kappa shape index (κ3) is 0.983. The van der Waals surface area contributed by atoms with E-state index in [1.54, 1.807) is 18.9 Å². The molecule has 2 nitrogen and oxygen atoms in total. The van der Waals surface area contributed by atoms with Crippen molar-refractivity contribution in [3.8, 4) is 5.75 Å². The highest BCUT2D eigenvalue weighted by Gasteiger charge is 2.33. The highest BCUT2D eigenvalue weighted by atomic mass is 32.2. The Morgan fingerprint density at radius 2 is 2.25 bits per heavy atom. The average Bonchev–Trinajstić information content (AvgIpc) is 2.76. The van der Waals surface area contributed by atoms with E-state index in [-0.39, 0.29) is 0 Å². The number of hydrogen-bond acceptors (Lipinski definition) is 3. The normalized spacial score (nSPS) is 18.7. The number of fused-ring (bicyclic) bond motifs is 1. The van der Waals surface area contributed by atoms with Crippen molar-refractivity contribution in [3.63, 3.8) is 0 Å². The van der Waals surface area contributed by atoms with Crippen molar-refractivity contribution in [2.75, 3.05) is 13.4 Å². The van der Waals surface area contributed by atoms with E-state index in [0.717, 1.165) is 20.4 Å². The van der Waals surface area contributed by atoms with Crippen molar-refractivity contribution < 1.29 is 8.95 Å². The van der Waals surface area contributed by atoms with Crippen LogP contribution < -0.4 is 4.74 Å². The summed E-state index contributed by atoms with van der Waals surface area (Å²) in [5.41, 5.74) is 0. The fraction of sp³-hybridized carbons (Fsp3) is 0.250. The van der Waals surface area contributed by atoms with Crippen molar-refractivity contribution in [2.24, 2.45) is 0 Å². The molecule has 0 bridgehead atoms. The predicted molar refractivity (Wildman–Crippen MR) is 49.4 cm³/mol. The molecular weight excluding hydrogens is 192 g/mol. The van der Waals surface area contributed by atoms with E-state index in [4.69, 9.17) is 4.74 Å². The van der Waals surface area contributed by atoms with Gasteiger partial charge in [-0.3, -0.25) is 0 Å². The molecule has 4 heteroatoms. The molecule has 1 atom stereocenters. The third-order valence-electron chi connectivity index (χ3n) is 1.81. The van der Waals surface area contributed by atoms with E-state index >= 15 is 0 Å². The van der Waals surface area contributed by atoms with Gasteiger partial charge in [0, 0.05) is 0 Å². The van der Waals surface area contributed by atoms with Gasteiger partial charge >= 0.3 is 0 Å². The lowest BCUT2D eigenvalue weighted by Crippen LogP contribution is -1.83. The predicted octanol–water partition coefficient (Wildman–Crippen LogP) is 1.90. The average molecular weight is 200 g/mol. The van der Waals surface area contributed by atoms with Gasteiger partial charge in [-0.2, -0.15) is 0 Å². The molecule has 1 aliphatic heterocycles. The molecule has 1 unspecified atom stereocenters. The SMILES string of the molecule is COc1ccc2c(c1SC)S2=O. The van der Waals surface area contributed by atoms with Crippen LogP contribution in [0.3, 0.4) is 0 Å². The minimum atomic E-state index is -0.839. The molecule has 64 valence electrons. The summed E-state index contributed by atoms with van der Waals surface area (Å²) < 4.78 is 16.4. The Bertz CT molecular complexity index is 360. The Labute approximate surface area is 77.8 Å². The zero-order valence-corrected chi connectivity index (χ0v) is 8.42. The second kappa shape index (κ2) is 2.78. The minimum absolute atomic E-state index is 0.826. The van der Waals surface area contributed by atoms with Gasteiger partial charge in [0.25, 0.3) is 0 Å². The summed E-state index contributed by atoms with van der Waals surface area (Å²) >= 11 is 1.58. The molecule has 2 rings (SSSR count). The fourth-order valence-corrected chi connectivity index (χ4v) is 3.39. The molecule has 1 aromatic carbocycles. The number of hydrogen-bond donors (Lipinski definition) is 0. The summed E-state index contributed by atoms with van der Waals surface area (Å²) in [6.45, 7) is 0. The van der Waals surface area contributed by atoms with Crippen LogP contribution in [0.2, 0.25) is 0 Å². The summed E-state index contributed by atoms with van der Waals surface area (Å²) in [7, 11) is 0.793. The molecule has 0 saturated heterocycles. The molecule has 0 fully saturated rings. The Kier molecular flexibility index (Phi) is 1.88. The standard InChI is InChI=1S/C8H8O2S2/c1-10-5-3-4-6-8(12(6)9)7(5)11-2/h3-4H,1-2H3. The number of benzene rings is 1. The van der Waals surface area contributed by atoms with Gasteiger partial charge in [-0.25, -0.2) is 4.21 Å². The quantitative estimate of drug-likeness (QED) is 0.547. The summed E-state index contributed by atoms with van der Waals surface area (Å²) in [5.74, 6) is 0.826. The second-order valence-electron chi connectivity index (χ2n) is 2.40. The van der Waals surface area contributed by atoms with Crippen LogP contribution >= 0.6 is 11.8 Å². The van der Waals surface area contributed by atoms with Crippen LogP contribution in [0.1, 0.15) is 0 Å². The van der Waals surface area contributed by atoms with E-state index < -0.39 is 10.8 Å².